The Balaban J connectivity index is 1.09. The first-order valence-corrected chi connectivity index (χ1v) is 18.4. The summed E-state index contributed by atoms with van der Waals surface area (Å²) in [4.78, 5) is 10.3. The van der Waals surface area contributed by atoms with Gasteiger partial charge in [-0.05, 0) is 58.7 Å². The van der Waals surface area contributed by atoms with Crippen LogP contribution in [0.1, 0.15) is 0 Å². The van der Waals surface area contributed by atoms with Crippen LogP contribution in [0.15, 0.2) is 170 Å². The Labute approximate surface area is 297 Å². The van der Waals surface area contributed by atoms with Gasteiger partial charge in [-0.25, -0.2) is 9.97 Å². The molecule has 0 saturated heterocycles. The quantitative estimate of drug-likeness (QED) is 0.182. The SMILES string of the molecule is c1ccc(-c2cc(-c3cccc(-c4cccc5sc6ccccc6c45)c3)nc(-c3ccc(-c4cccc5sc6ccccc6c45)cc3)n2)cc1. The van der Waals surface area contributed by atoms with Crippen molar-refractivity contribution in [2.75, 3.05) is 0 Å². The van der Waals surface area contributed by atoms with Crippen molar-refractivity contribution in [3.63, 3.8) is 0 Å². The summed E-state index contributed by atoms with van der Waals surface area (Å²) in [5, 5.41) is 5.23. The van der Waals surface area contributed by atoms with Gasteiger partial charge in [0, 0.05) is 57.0 Å². The highest BCUT2D eigenvalue weighted by Gasteiger charge is 2.15. The topological polar surface area (TPSA) is 25.8 Å². The molecule has 3 heterocycles. The van der Waals surface area contributed by atoms with E-state index < -0.39 is 0 Å². The van der Waals surface area contributed by atoms with Gasteiger partial charge >= 0.3 is 0 Å². The van der Waals surface area contributed by atoms with Crippen LogP contribution in [0.3, 0.4) is 0 Å². The standard InChI is InChI=1S/C46H28N2S2/c1-2-11-30(12-3-1)38-28-39(33-14-8-13-32(27-33)35-18-10-22-43-45(35)37-16-5-7-20-41(37)50-43)48-46(47-38)31-25-23-29(24-26-31)34-17-9-21-42-44(34)36-15-4-6-19-40(36)49-42/h1-28H. The highest BCUT2D eigenvalue weighted by molar-refractivity contribution is 7.26. The van der Waals surface area contributed by atoms with E-state index in [1.54, 1.807) is 0 Å². The Kier molecular flexibility index (Phi) is 6.90. The minimum absolute atomic E-state index is 0.712. The number of hydrogen-bond donors (Lipinski definition) is 0. The second-order valence-electron chi connectivity index (χ2n) is 12.5. The molecule has 0 aliphatic rings. The Bertz CT molecular complexity index is 2860. The first-order chi connectivity index (χ1) is 24.8. The fourth-order valence-electron chi connectivity index (χ4n) is 7.16. The fraction of sp³-hybridized carbons (Fsp3) is 0. The summed E-state index contributed by atoms with van der Waals surface area (Å²) in [6, 6.07) is 60.7. The summed E-state index contributed by atoms with van der Waals surface area (Å²) in [5.41, 5.74) is 9.77. The van der Waals surface area contributed by atoms with Gasteiger partial charge in [0.15, 0.2) is 5.82 Å². The van der Waals surface area contributed by atoms with Gasteiger partial charge in [-0.15, -0.1) is 22.7 Å². The van der Waals surface area contributed by atoms with Gasteiger partial charge in [0.05, 0.1) is 11.4 Å². The number of rotatable bonds is 5. The van der Waals surface area contributed by atoms with E-state index in [0.717, 1.165) is 28.1 Å². The van der Waals surface area contributed by atoms with E-state index in [2.05, 4.69) is 164 Å². The fourth-order valence-corrected chi connectivity index (χ4v) is 9.42. The smallest absolute Gasteiger partial charge is 0.160 e. The normalized spacial score (nSPS) is 11.6. The van der Waals surface area contributed by atoms with E-state index in [-0.39, 0.29) is 0 Å². The first kappa shape index (κ1) is 29.0. The second kappa shape index (κ2) is 11.9. The zero-order valence-corrected chi connectivity index (χ0v) is 28.5. The summed E-state index contributed by atoms with van der Waals surface area (Å²) in [7, 11) is 0. The molecule has 2 nitrogen and oxygen atoms in total. The molecule has 0 aliphatic carbocycles. The van der Waals surface area contributed by atoms with Crippen molar-refractivity contribution in [2.24, 2.45) is 0 Å². The number of hydrogen-bond acceptors (Lipinski definition) is 4. The molecule has 4 heteroatoms. The van der Waals surface area contributed by atoms with E-state index >= 15 is 0 Å². The van der Waals surface area contributed by atoms with Crippen molar-refractivity contribution in [3.8, 4) is 56.2 Å². The average molecular weight is 673 g/mol. The van der Waals surface area contributed by atoms with E-state index in [9.17, 15) is 0 Å². The molecule has 0 bridgehead atoms. The predicted molar refractivity (Wildman–Crippen MR) is 215 cm³/mol. The van der Waals surface area contributed by atoms with Crippen molar-refractivity contribution in [1.29, 1.82) is 0 Å². The maximum Gasteiger partial charge on any atom is 0.160 e. The molecule has 0 amide bonds. The molecule has 10 aromatic rings. The molecule has 0 unspecified atom stereocenters. The molecule has 7 aromatic carbocycles. The molecular formula is C46H28N2S2. The molecule has 0 radical (unpaired) electrons. The van der Waals surface area contributed by atoms with Crippen LogP contribution in [-0.2, 0) is 0 Å². The van der Waals surface area contributed by atoms with Crippen LogP contribution >= 0.6 is 22.7 Å². The molecule has 0 atom stereocenters. The van der Waals surface area contributed by atoms with Gasteiger partial charge in [0.2, 0.25) is 0 Å². The summed E-state index contributed by atoms with van der Waals surface area (Å²) < 4.78 is 5.23. The minimum Gasteiger partial charge on any atom is -0.228 e. The van der Waals surface area contributed by atoms with Crippen molar-refractivity contribution >= 4 is 63.0 Å². The van der Waals surface area contributed by atoms with Crippen molar-refractivity contribution in [3.05, 3.63) is 170 Å². The third-order valence-corrected chi connectivity index (χ3v) is 11.8. The van der Waals surface area contributed by atoms with Gasteiger partial charge in [-0.2, -0.15) is 0 Å². The summed E-state index contributed by atoms with van der Waals surface area (Å²) in [5.74, 6) is 0.712. The maximum absolute atomic E-state index is 5.21. The van der Waals surface area contributed by atoms with Crippen LogP contribution in [0.4, 0.5) is 0 Å². The highest BCUT2D eigenvalue weighted by atomic mass is 32.1. The number of fused-ring (bicyclic) bond motifs is 6. The Hall–Kier alpha value is -5.94. The Morgan fingerprint density at radius 2 is 0.800 bits per heavy atom. The zero-order valence-electron chi connectivity index (χ0n) is 26.9. The van der Waals surface area contributed by atoms with E-state index in [0.29, 0.717) is 5.82 Å². The molecule has 3 aromatic heterocycles. The zero-order chi connectivity index (χ0) is 33.0. The molecule has 0 spiro atoms. The Morgan fingerprint density at radius 1 is 0.320 bits per heavy atom. The maximum atomic E-state index is 5.21. The van der Waals surface area contributed by atoms with Gasteiger partial charge < -0.3 is 0 Å². The van der Waals surface area contributed by atoms with E-state index in [1.807, 2.05) is 28.7 Å². The minimum atomic E-state index is 0.712. The number of thiophene rings is 2. The lowest BCUT2D eigenvalue weighted by molar-refractivity contribution is 1.18. The largest absolute Gasteiger partial charge is 0.228 e. The highest BCUT2D eigenvalue weighted by Crippen LogP contribution is 2.42. The van der Waals surface area contributed by atoms with Gasteiger partial charge in [-0.1, -0.05) is 133 Å². The van der Waals surface area contributed by atoms with Gasteiger partial charge in [0.1, 0.15) is 0 Å². The van der Waals surface area contributed by atoms with Crippen LogP contribution in [0, 0.1) is 0 Å². The summed E-state index contributed by atoms with van der Waals surface area (Å²) in [6.45, 7) is 0. The van der Waals surface area contributed by atoms with Crippen LogP contribution in [0.5, 0.6) is 0 Å². The molecular weight excluding hydrogens is 645 g/mol. The number of nitrogens with zero attached hydrogens (tertiary/aromatic N) is 2. The average Bonchev–Trinajstić information content (AvgIpc) is 3.77. The summed E-state index contributed by atoms with van der Waals surface area (Å²) >= 11 is 3.70. The monoisotopic (exact) mass is 672 g/mol. The third kappa shape index (κ3) is 4.92. The molecule has 0 saturated carbocycles. The van der Waals surface area contributed by atoms with Gasteiger partial charge in [0.25, 0.3) is 0 Å². The molecule has 0 N–H and O–H groups in total. The molecule has 0 fully saturated rings. The third-order valence-electron chi connectivity index (χ3n) is 9.52. The molecule has 0 aliphatic heterocycles. The molecule has 50 heavy (non-hydrogen) atoms. The van der Waals surface area contributed by atoms with Crippen LogP contribution < -0.4 is 0 Å². The Morgan fingerprint density at radius 3 is 1.46 bits per heavy atom. The molecule has 10 rings (SSSR count). The summed E-state index contributed by atoms with van der Waals surface area (Å²) in [6.07, 6.45) is 0. The van der Waals surface area contributed by atoms with Crippen LogP contribution in [-0.4, -0.2) is 9.97 Å². The lowest BCUT2D eigenvalue weighted by Crippen LogP contribution is -1.96. The van der Waals surface area contributed by atoms with Gasteiger partial charge in [-0.3, -0.25) is 0 Å². The van der Waals surface area contributed by atoms with E-state index in [4.69, 9.17) is 9.97 Å². The van der Waals surface area contributed by atoms with Crippen molar-refractivity contribution < 1.29 is 0 Å². The predicted octanol–water partition coefficient (Wildman–Crippen LogP) is 13.5. The van der Waals surface area contributed by atoms with Crippen LogP contribution in [0.25, 0.3) is 96.5 Å². The van der Waals surface area contributed by atoms with E-state index in [1.165, 1.54) is 62.6 Å². The first-order valence-electron chi connectivity index (χ1n) is 16.7. The molecule has 234 valence electrons. The number of benzene rings is 7. The lowest BCUT2D eigenvalue weighted by Gasteiger charge is -2.12. The number of aromatic nitrogens is 2. The van der Waals surface area contributed by atoms with Crippen molar-refractivity contribution in [2.45, 2.75) is 0 Å². The van der Waals surface area contributed by atoms with Crippen molar-refractivity contribution in [1.82, 2.24) is 9.97 Å². The van der Waals surface area contributed by atoms with Crippen LogP contribution in [0.2, 0.25) is 0 Å². The lowest BCUT2D eigenvalue weighted by atomic mass is 9.96. The second-order valence-corrected chi connectivity index (χ2v) is 14.7.